The highest BCUT2D eigenvalue weighted by Gasteiger charge is 2.21. The largest absolute Gasteiger partial charge is 0.364 e. The first-order valence-electron chi connectivity index (χ1n) is 5.27. The molecule has 4 nitrogen and oxygen atoms in total. The highest BCUT2D eigenvalue weighted by atomic mass is 19.3. The number of carbonyl (C=O) groups is 1. The van der Waals surface area contributed by atoms with E-state index in [1.165, 1.54) is 0 Å². The number of hydrogen-bond acceptors (Lipinski definition) is 2. The fourth-order valence-electron chi connectivity index (χ4n) is 1.61. The third-order valence-corrected chi connectivity index (χ3v) is 2.49. The molecule has 0 unspecified atom stereocenters. The first-order valence-corrected chi connectivity index (χ1v) is 5.27. The number of amides is 1. The third kappa shape index (κ3) is 2.45. The van der Waals surface area contributed by atoms with Gasteiger partial charge >= 0.3 is 0 Å². The van der Waals surface area contributed by atoms with Gasteiger partial charge in [0.2, 0.25) is 0 Å². The lowest BCUT2D eigenvalue weighted by molar-refractivity contribution is 0.0981. The van der Waals surface area contributed by atoms with Crippen LogP contribution < -0.4 is 5.73 Å². The third-order valence-electron chi connectivity index (χ3n) is 2.49. The number of hydrogen-bond donors (Lipinski definition) is 1. The molecule has 0 saturated heterocycles. The molecule has 0 bridgehead atoms. The van der Waals surface area contributed by atoms with E-state index in [-0.39, 0.29) is 0 Å². The van der Waals surface area contributed by atoms with Crippen LogP contribution in [0.4, 0.5) is 8.78 Å². The number of nitrogens with two attached hydrogens (primary N) is 1. The van der Waals surface area contributed by atoms with Crippen molar-refractivity contribution in [1.29, 1.82) is 0 Å². The van der Waals surface area contributed by atoms with E-state index >= 15 is 0 Å². The predicted molar refractivity (Wildman–Crippen MR) is 65.0 cm³/mol. The Balaban J connectivity index is 2.54. The molecule has 0 saturated carbocycles. The van der Waals surface area contributed by atoms with Crippen molar-refractivity contribution in [2.75, 3.05) is 0 Å². The second-order valence-corrected chi connectivity index (χ2v) is 3.74. The summed E-state index contributed by atoms with van der Waals surface area (Å²) in [6.07, 6.45) is 3.50. The van der Waals surface area contributed by atoms with Crippen LogP contribution in [0.15, 0.2) is 30.5 Å². The smallest absolute Gasteiger partial charge is 0.269 e. The van der Waals surface area contributed by atoms with E-state index in [0.29, 0.717) is 11.3 Å². The fraction of sp³-hybridized carbons (Fsp3) is 0.0769. The maximum atomic E-state index is 12.8. The SMILES string of the molecule is C#Cc1cccc(-n2cc(C(F)F)c(C(N)=O)n2)c1. The van der Waals surface area contributed by atoms with E-state index in [1.807, 2.05) is 0 Å². The van der Waals surface area contributed by atoms with Crippen LogP contribution in [0, 0.1) is 12.3 Å². The molecule has 1 aromatic heterocycles. The fourth-order valence-corrected chi connectivity index (χ4v) is 1.61. The lowest BCUT2D eigenvalue weighted by atomic mass is 10.2. The van der Waals surface area contributed by atoms with Gasteiger partial charge in [-0.1, -0.05) is 12.0 Å². The molecule has 19 heavy (non-hydrogen) atoms. The highest BCUT2D eigenvalue weighted by molar-refractivity contribution is 5.92. The van der Waals surface area contributed by atoms with Gasteiger partial charge in [-0.3, -0.25) is 4.79 Å². The molecule has 0 aliphatic carbocycles. The zero-order valence-electron chi connectivity index (χ0n) is 9.68. The Kier molecular flexibility index (Phi) is 3.29. The Morgan fingerprint density at radius 1 is 1.47 bits per heavy atom. The molecule has 6 heteroatoms. The van der Waals surface area contributed by atoms with Gasteiger partial charge in [-0.15, -0.1) is 6.42 Å². The number of nitrogens with zero attached hydrogens (tertiary/aromatic N) is 2. The summed E-state index contributed by atoms with van der Waals surface area (Å²) in [6, 6.07) is 6.58. The molecule has 1 heterocycles. The van der Waals surface area contributed by atoms with Crippen molar-refractivity contribution in [2.45, 2.75) is 6.43 Å². The second-order valence-electron chi connectivity index (χ2n) is 3.74. The lowest BCUT2D eigenvalue weighted by Gasteiger charge is -2.01. The van der Waals surface area contributed by atoms with Crippen molar-refractivity contribution in [1.82, 2.24) is 9.78 Å². The molecular weight excluding hydrogens is 252 g/mol. The molecular formula is C13H9F2N3O. The molecule has 0 aliphatic heterocycles. The van der Waals surface area contributed by atoms with Crippen LogP contribution >= 0.6 is 0 Å². The van der Waals surface area contributed by atoms with E-state index in [2.05, 4.69) is 11.0 Å². The van der Waals surface area contributed by atoms with Crippen LogP contribution in [0.5, 0.6) is 0 Å². The van der Waals surface area contributed by atoms with Gasteiger partial charge in [0.25, 0.3) is 12.3 Å². The maximum Gasteiger partial charge on any atom is 0.269 e. The zero-order chi connectivity index (χ0) is 14.0. The molecule has 0 radical (unpaired) electrons. The molecule has 0 aliphatic rings. The van der Waals surface area contributed by atoms with Crippen molar-refractivity contribution in [3.05, 3.63) is 47.3 Å². The first-order chi connectivity index (χ1) is 9.02. The van der Waals surface area contributed by atoms with Gasteiger partial charge < -0.3 is 5.73 Å². The summed E-state index contributed by atoms with van der Waals surface area (Å²) in [5.74, 6) is 1.43. The summed E-state index contributed by atoms with van der Waals surface area (Å²) >= 11 is 0. The molecule has 1 aromatic carbocycles. The maximum absolute atomic E-state index is 12.8. The molecule has 2 N–H and O–H groups in total. The van der Waals surface area contributed by atoms with Crippen molar-refractivity contribution in [3.8, 4) is 18.0 Å². The average Bonchev–Trinajstić information content (AvgIpc) is 2.84. The quantitative estimate of drug-likeness (QED) is 0.858. The summed E-state index contributed by atoms with van der Waals surface area (Å²) in [5, 5.41) is 3.77. The minimum Gasteiger partial charge on any atom is -0.364 e. The summed E-state index contributed by atoms with van der Waals surface area (Å²) in [6.45, 7) is 0. The van der Waals surface area contributed by atoms with E-state index in [1.54, 1.807) is 24.3 Å². The van der Waals surface area contributed by atoms with Crippen LogP contribution in [0.2, 0.25) is 0 Å². The Hall–Kier alpha value is -2.68. The molecule has 0 atom stereocenters. The van der Waals surface area contributed by atoms with Crippen LogP contribution in [-0.2, 0) is 0 Å². The van der Waals surface area contributed by atoms with Crippen molar-refractivity contribution >= 4 is 5.91 Å². The van der Waals surface area contributed by atoms with E-state index in [9.17, 15) is 13.6 Å². The monoisotopic (exact) mass is 261 g/mol. The molecule has 2 rings (SSSR count). The van der Waals surface area contributed by atoms with Gasteiger partial charge in [0, 0.05) is 11.8 Å². The van der Waals surface area contributed by atoms with E-state index < -0.39 is 23.6 Å². The van der Waals surface area contributed by atoms with Gasteiger partial charge in [0.15, 0.2) is 5.69 Å². The van der Waals surface area contributed by atoms with E-state index in [4.69, 9.17) is 12.2 Å². The Labute approximate surface area is 107 Å². The van der Waals surface area contributed by atoms with Gasteiger partial charge in [0.1, 0.15) is 0 Å². The average molecular weight is 261 g/mol. The summed E-state index contributed by atoms with van der Waals surface area (Å²) in [4.78, 5) is 11.1. The van der Waals surface area contributed by atoms with Crippen molar-refractivity contribution < 1.29 is 13.6 Å². The number of terminal acetylenes is 1. The molecule has 2 aromatic rings. The van der Waals surface area contributed by atoms with Crippen LogP contribution in [0.25, 0.3) is 5.69 Å². The van der Waals surface area contributed by atoms with Crippen LogP contribution in [-0.4, -0.2) is 15.7 Å². The van der Waals surface area contributed by atoms with Gasteiger partial charge in [-0.05, 0) is 18.2 Å². The normalized spacial score (nSPS) is 10.4. The number of rotatable bonds is 3. The molecule has 1 amide bonds. The standard InChI is InChI=1S/C13H9F2N3O/c1-2-8-4-3-5-9(6-8)18-7-10(12(14)15)11(17-18)13(16)19/h1,3-7,12H,(H2,16,19). The number of halogens is 2. The Bertz CT molecular complexity index is 671. The van der Waals surface area contributed by atoms with Gasteiger partial charge in [0.05, 0.1) is 11.3 Å². The summed E-state index contributed by atoms with van der Waals surface area (Å²) in [7, 11) is 0. The Morgan fingerprint density at radius 2 is 2.21 bits per heavy atom. The van der Waals surface area contributed by atoms with E-state index in [0.717, 1.165) is 10.9 Å². The number of alkyl halides is 2. The minimum absolute atomic E-state index is 0.443. The van der Waals surface area contributed by atoms with Crippen LogP contribution in [0.3, 0.4) is 0 Å². The number of aromatic nitrogens is 2. The van der Waals surface area contributed by atoms with Crippen LogP contribution in [0.1, 0.15) is 28.0 Å². The molecule has 0 fully saturated rings. The number of carbonyl (C=O) groups excluding carboxylic acids is 1. The Morgan fingerprint density at radius 3 is 2.74 bits per heavy atom. The lowest BCUT2D eigenvalue weighted by Crippen LogP contribution is -2.14. The second kappa shape index (κ2) is 4.90. The highest BCUT2D eigenvalue weighted by Crippen LogP contribution is 2.23. The van der Waals surface area contributed by atoms with Crippen molar-refractivity contribution in [3.63, 3.8) is 0 Å². The number of benzene rings is 1. The van der Waals surface area contributed by atoms with Gasteiger partial charge in [-0.25, -0.2) is 13.5 Å². The van der Waals surface area contributed by atoms with Gasteiger partial charge in [-0.2, -0.15) is 5.10 Å². The number of primary amides is 1. The minimum atomic E-state index is -2.83. The first kappa shape index (κ1) is 12.8. The topological polar surface area (TPSA) is 60.9 Å². The molecule has 0 spiro atoms. The summed E-state index contributed by atoms with van der Waals surface area (Å²) < 4.78 is 26.7. The molecule has 96 valence electrons. The predicted octanol–water partition coefficient (Wildman–Crippen LogP) is 1.89. The zero-order valence-corrected chi connectivity index (χ0v) is 9.68. The summed E-state index contributed by atoms with van der Waals surface area (Å²) in [5.41, 5.74) is 5.13. The van der Waals surface area contributed by atoms with Crippen molar-refractivity contribution in [2.24, 2.45) is 5.73 Å².